The second kappa shape index (κ2) is 7.94. The first-order valence-electron chi connectivity index (χ1n) is 5.81. The van der Waals surface area contributed by atoms with Crippen LogP contribution < -0.4 is 40.2 Å². The standard InChI is InChI=1S/C14H16N2O2.Na.H/c17-13-7-3-1-5-11(13)15-9-10-16-12-6-2-4-8-14(12)18;;/h1-8,15-18H,9-10H2;;/q;+1;-1. The molecule has 0 aliphatic carbocycles. The minimum Gasteiger partial charge on any atom is -1.00 e. The largest absolute Gasteiger partial charge is 1.00 e. The third-order valence-electron chi connectivity index (χ3n) is 2.56. The summed E-state index contributed by atoms with van der Waals surface area (Å²) in [7, 11) is 0. The summed E-state index contributed by atoms with van der Waals surface area (Å²) in [5, 5.41) is 25.3. The van der Waals surface area contributed by atoms with E-state index in [1.165, 1.54) is 0 Å². The molecule has 0 aliphatic heterocycles. The fraction of sp³-hybridized carbons (Fsp3) is 0.143. The van der Waals surface area contributed by atoms with Crippen LogP contribution in [0.4, 0.5) is 11.4 Å². The Morgan fingerprint density at radius 3 is 1.47 bits per heavy atom. The zero-order chi connectivity index (χ0) is 12.8. The van der Waals surface area contributed by atoms with Crippen molar-refractivity contribution in [3.05, 3.63) is 48.5 Å². The first kappa shape index (κ1) is 15.7. The molecule has 5 heteroatoms. The second-order valence-corrected chi connectivity index (χ2v) is 3.89. The van der Waals surface area contributed by atoms with Gasteiger partial charge in [0.05, 0.1) is 11.4 Å². The summed E-state index contributed by atoms with van der Waals surface area (Å²) in [4.78, 5) is 0. The first-order valence-corrected chi connectivity index (χ1v) is 5.81. The maximum Gasteiger partial charge on any atom is 1.00 e. The van der Waals surface area contributed by atoms with Gasteiger partial charge in [-0.15, -0.1) is 0 Å². The molecule has 4 nitrogen and oxygen atoms in total. The van der Waals surface area contributed by atoms with Gasteiger partial charge in [-0.3, -0.25) is 0 Å². The van der Waals surface area contributed by atoms with Gasteiger partial charge in [-0.1, -0.05) is 24.3 Å². The van der Waals surface area contributed by atoms with Gasteiger partial charge in [0.2, 0.25) is 0 Å². The Kier molecular flexibility index (Phi) is 6.56. The van der Waals surface area contributed by atoms with Crippen LogP contribution in [-0.4, -0.2) is 23.3 Å². The molecule has 4 N–H and O–H groups in total. The normalized spacial score (nSPS) is 9.47. The summed E-state index contributed by atoms with van der Waals surface area (Å²) >= 11 is 0. The van der Waals surface area contributed by atoms with Crippen LogP contribution in [0.5, 0.6) is 11.5 Å². The molecule has 0 saturated carbocycles. The van der Waals surface area contributed by atoms with E-state index in [0.29, 0.717) is 24.5 Å². The van der Waals surface area contributed by atoms with E-state index < -0.39 is 0 Å². The van der Waals surface area contributed by atoms with Crippen LogP contribution in [0.3, 0.4) is 0 Å². The zero-order valence-electron chi connectivity index (χ0n) is 11.9. The van der Waals surface area contributed by atoms with Crippen molar-refractivity contribution in [1.29, 1.82) is 0 Å². The summed E-state index contributed by atoms with van der Waals surface area (Å²) in [6.45, 7) is 1.29. The van der Waals surface area contributed by atoms with Gasteiger partial charge in [0, 0.05) is 13.1 Å². The predicted molar refractivity (Wildman–Crippen MR) is 74.3 cm³/mol. The molecule has 0 amide bonds. The van der Waals surface area contributed by atoms with Crippen molar-refractivity contribution >= 4 is 11.4 Å². The van der Waals surface area contributed by atoms with Crippen LogP contribution in [0.15, 0.2) is 48.5 Å². The van der Waals surface area contributed by atoms with Crippen LogP contribution >= 0.6 is 0 Å². The van der Waals surface area contributed by atoms with E-state index in [1.54, 1.807) is 24.3 Å². The van der Waals surface area contributed by atoms with E-state index in [-0.39, 0.29) is 42.5 Å². The van der Waals surface area contributed by atoms with Crippen molar-refractivity contribution in [1.82, 2.24) is 0 Å². The number of rotatable bonds is 5. The zero-order valence-corrected chi connectivity index (χ0v) is 12.9. The molecule has 2 aromatic rings. The molecule has 96 valence electrons. The van der Waals surface area contributed by atoms with Gasteiger partial charge in [-0.05, 0) is 24.3 Å². The van der Waals surface area contributed by atoms with Crippen LogP contribution in [0.2, 0.25) is 0 Å². The first-order chi connectivity index (χ1) is 8.77. The molecule has 0 spiro atoms. The quantitative estimate of drug-likeness (QED) is 0.343. The molecule has 0 atom stereocenters. The van der Waals surface area contributed by atoms with Gasteiger partial charge in [0.25, 0.3) is 0 Å². The van der Waals surface area contributed by atoms with Crippen LogP contribution in [0.1, 0.15) is 1.43 Å². The van der Waals surface area contributed by atoms with Crippen molar-refractivity contribution in [2.75, 3.05) is 23.7 Å². The number of hydrogen-bond donors (Lipinski definition) is 4. The molecule has 0 saturated heterocycles. The number of para-hydroxylation sites is 4. The van der Waals surface area contributed by atoms with Crippen LogP contribution in [-0.2, 0) is 0 Å². The van der Waals surface area contributed by atoms with Crippen molar-refractivity contribution in [2.45, 2.75) is 0 Å². The van der Waals surface area contributed by atoms with Gasteiger partial charge >= 0.3 is 29.6 Å². The number of benzene rings is 2. The maximum absolute atomic E-state index is 9.55. The molecular weight excluding hydrogens is 251 g/mol. The van der Waals surface area contributed by atoms with E-state index in [4.69, 9.17) is 0 Å². The molecule has 2 rings (SSSR count). The van der Waals surface area contributed by atoms with Crippen molar-refractivity contribution in [3.8, 4) is 11.5 Å². The molecule has 0 heterocycles. The minimum atomic E-state index is 0. The van der Waals surface area contributed by atoms with Crippen LogP contribution in [0.25, 0.3) is 0 Å². The van der Waals surface area contributed by atoms with E-state index in [0.717, 1.165) is 0 Å². The predicted octanol–water partition coefficient (Wildman–Crippen LogP) is -0.262. The Morgan fingerprint density at radius 1 is 0.737 bits per heavy atom. The number of aromatic hydroxyl groups is 2. The van der Waals surface area contributed by atoms with Crippen molar-refractivity contribution < 1.29 is 41.2 Å². The minimum absolute atomic E-state index is 0. The van der Waals surface area contributed by atoms with Gasteiger partial charge in [-0.25, -0.2) is 0 Å². The molecule has 0 bridgehead atoms. The fourth-order valence-corrected chi connectivity index (χ4v) is 1.64. The topological polar surface area (TPSA) is 64.5 Å². The van der Waals surface area contributed by atoms with E-state index >= 15 is 0 Å². The Balaban J connectivity index is 0.00000180. The summed E-state index contributed by atoms with van der Waals surface area (Å²) < 4.78 is 0. The number of anilines is 2. The Morgan fingerprint density at radius 2 is 1.11 bits per heavy atom. The summed E-state index contributed by atoms with van der Waals surface area (Å²) in [5.74, 6) is 0.472. The van der Waals surface area contributed by atoms with Gasteiger partial charge < -0.3 is 22.3 Å². The Labute approximate surface area is 136 Å². The van der Waals surface area contributed by atoms with Crippen molar-refractivity contribution in [3.63, 3.8) is 0 Å². The fourth-order valence-electron chi connectivity index (χ4n) is 1.64. The van der Waals surface area contributed by atoms with E-state index in [9.17, 15) is 10.2 Å². The Hall–Kier alpha value is -1.36. The molecule has 0 aromatic heterocycles. The smallest absolute Gasteiger partial charge is 1.00 e. The third kappa shape index (κ3) is 4.67. The molecule has 0 aliphatic rings. The van der Waals surface area contributed by atoms with E-state index in [2.05, 4.69) is 10.6 Å². The molecular formula is C14H17N2NaO2. The summed E-state index contributed by atoms with van der Waals surface area (Å²) in [5.41, 5.74) is 1.41. The van der Waals surface area contributed by atoms with Gasteiger partial charge in [0.15, 0.2) is 0 Å². The molecule has 19 heavy (non-hydrogen) atoms. The maximum atomic E-state index is 9.55. The molecule has 0 unspecified atom stereocenters. The molecule has 2 aromatic carbocycles. The molecule has 0 fully saturated rings. The monoisotopic (exact) mass is 268 g/mol. The average Bonchev–Trinajstić information content (AvgIpc) is 2.38. The Bertz CT molecular complexity index is 479. The van der Waals surface area contributed by atoms with Gasteiger partial charge in [0.1, 0.15) is 11.5 Å². The SMILES string of the molecule is Oc1ccccc1NCCNc1ccccc1O.[H-].[Na+]. The number of phenols is 2. The third-order valence-corrected chi connectivity index (χ3v) is 2.56. The van der Waals surface area contributed by atoms with Crippen LogP contribution in [0, 0.1) is 0 Å². The van der Waals surface area contributed by atoms with Crippen molar-refractivity contribution in [2.24, 2.45) is 0 Å². The number of hydrogen-bond acceptors (Lipinski definition) is 4. The molecule has 0 radical (unpaired) electrons. The van der Waals surface area contributed by atoms with E-state index in [1.807, 2.05) is 24.3 Å². The van der Waals surface area contributed by atoms with Gasteiger partial charge in [-0.2, -0.15) is 0 Å². The summed E-state index contributed by atoms with van der Waals surface area (Å²) in [6, 6.07) is 14.2. The number of nitrogens with one attached hydrogen (secondary N) is 2. The number of phenolic OH excluding ortho intramolecular Hbond substituents is 2. The summed E-state index contributed by atoms with van der Waals surface area (Å²) in [6.07, 6.45) is 0. The average molecular weight is 268 g/mol. The second-order valence-electron chi connectivity index (χ2n) is 3.89.